The van der Waals surface area contributed by atoms with Crippen LogP contribution in [0.3, 0.4) is 0 Å². The van der Waals surface area contributed by atoms with Gasteiger partial charge in [0.05, 0.1) is 23.5 Å². The fourth-order valence-electron chi connectivity index (χ4n) is 2.30. The number of anilines is 2. The number of aromatic nitrogens is 1. The van der Waals surface area contributed by atoms with Crippen LogP contribution in [0, 0.1) is 17.1 Å². The van der Waals surface area contributed by atoms with Gasteiger partial charge in [-0.2, -0.15) is 5.26 Å². The monoisotopic (exact) mass is 346 g/mol. The van der Waals surface area contributed by atoms with E-state index in [4.69, 9.17) is 5.26 Å². The van der Waals surface area contributed by atoms with Crippen molar-refractivity contribution in [3.05, 3.63) is 89.5 Å². The minimum absolute atomic E-state index is 0.0957. The molecule has 0 bridgehead atoms. The number of hydrogen-bond donors (Lipinski definition) is 2. The molecule has 6 heteroatoms. The first-order chi connectivity index (χ1) is 12.7. The third-order valence-corrected chi connectivity index (χ3v) is 3.70. The summed E-state index contributed by atoms with van der Waals surface area (Å²) in [4.78, 5) is 16.2. The lowest BCUT2D eigenvalue weighted by molar-refractivity contribution is 0.0945. The number of rotatable bonds is 5. The Kier molecular flexibility index (Phi) is 5.20. The number of nitrogens with one attached hydrogen (secondary N) is 2. The molecule has 128 valence electrons. The highest BCUT2D eigenvalue weighted by Crippen LogP contribution is 2.16. The van der Waals surface area contributed by atoms with Crippen molar-refractivity contribution in [1.82, 2.24) is 10.3 Å². The number of halogens is 1. The van der Waals surface area contributed by atoms with Crippen LogP contribution in [0.2, 0.25) is 0 Å². The summed E-state index contributed by atoms with van der Waals surface area (Å²) in [6.45, 7) is 0.0957. The van der Waals surface area contributed by atoms with Crippen LogP contribution in [0.1, 0.15) is 21.6 Å². The van der Waals surface area contributed by atoms with Crippen LogP contribution in [0.4, 0.5) is 15.8 Å². The molecule has 5 nitrogen and oxygen atoms in total. The largest absolute Gasteiger partial charge is 0.354 e. The maximum absolute atomic E-state index is 13.6. The highest BCUT2D eigenvalue weighted by molar-refractivity contribution is 5.92. The number of nitriles is 1. The Morgan fingerprint density at radius 3 is 2.42 bits per heavy atom. The van der Waals surface area contributed by atoms with Crippen molar-refractivity contribution in [1.29, 1.82) is 5.26 Å². The third kappa shape index (κ3) is 4.22. The van der Waals surface area contributed by atoms with Crippen LogP contribution in [0.5, 0.6) is 0 Å². The number of amides is 1. The Bertz CT molecular complexity index is 947. The average molecular weight is 346 g/mol. The third-order valence-electron chi connectivity index (χ3n) is 3.70. The quantitative estimate of drug-likeness (QED) is 0.737. The first-order valence-electron chi connectivity index (χ1n) is 7.90. The molecule has 1 amide bonds. The van der Waals surface area contributed by atoms with E-state index >= 15 is 0 Å². The predicted octanol–water partition coefficient (Wildman–Crippen LogP) is 3.77. The molecule has 0 atom stereocenters. The van der Waals surface area contributed by atoms with Crippen molar-refractivity contribution in [2.75, 3.05) is 5.32 Å². The molecule has 3 aromatic rings. The van der Waals surface area contributed by atoms with E-state index in [9.17, 15) is 9.18 Å². The van der Waals surface area contributed by atoms with E-state index in [1.54, 1.807) is 54.6 Å². The van der Waals surface area contributed by atoms with Crippen molar-refractivity contribution in [3.63, 3.8) is 0 Å². The van der Waals surface area contributed by atoms with E-state index in [1.165, 1.54) is 12.3 Å². The molecule has 0 radical (unpaired) electrons. The number of carbonyl (C=O) groups excluding carboxylic acids is 1. The van der Waals surface area contributed by atoms with Gasteiger partial charge in [0.2, 0.25) is 0 Å². The van der Waals surface area contributed by atoms with E-state index in [1.807, 2.05) is 0 Å². The highest BCUT2D eigenvalue weighted by atomic mass is 19.1. The maximum Gasteiger partial charge on any atom is 0.270 e. The highest BCUT2D eigenvalue weighted by Gasteiger charge is 2.08. The van der Waals surface area contributed by atoms with Crippen LogP contribution in [0.25, 0.3) is 0 Å². The van der Waals surface area contributed by atoms with Gasteiger partial charge >= 0.3 is 0 Å². The molecule has 2 N–H and O–H groups in total. The van der Waals surface area contributed by atoms with Crippen molar-refractivity contribution >= 4 is 17.3 Å². The van der Waals surface area contributed by atoms with E-state index in [-0.39, 0.29) is 24.0 Å². The van der Waals surface area contributed by atoms with E-state index < -0.39 is 0 Å². The number of nitrogens with zero attached hydrogens (tertiary/aromatic N) is 2. The molecular formula is C20H15FN4O. The van der Waals surface area contributed by atoms with Crippen LogP contribution in [-0.2, 0) is 6.54 Å². The minimum Gasteiger partial charge on any atom is -0.354 e. The normalized spacial score (nSPS) is 10.0. The lowest BCUT2D eigenvalue weighted by atomic mass is 10.2. The lowest BCUT2D eigenvalue weighted by Gasteiger charge is -2.08. The summed E-state index contributed by atoms with van der Waals surface area (Å²) >= 11 is 0. The molecule has 0 unspecified atom stereocenters. The molecule has 0 saturated heterocycles. The van der Waals surface area contributed by atoms with Crippen molar-refractivity contribution in [2.45, 2.75) is 6.54 Å². The van der Waals surface area contributed by atoms with E-state index in [0.717, 1.165) is 5.69 Å². The SMILES string of the molecule is N#Cc1ccc(Nc2ccc(C(=O)NCc3ccccc3F)nc2)cc1. The van der Waals surface area contributed by atoms with Crippen LogP contribution >= 0.6 is 0 Å². The van der Waals surface area contributed by atoms with Gasteiger partial charge < -0.3 is 10.6 Å². The number of hydrogen-bond acceptors (Lipinski definition) is 4. The molecule has 3 rings (SSSR count). The number of carbonyl (C=O) groups is 1. The lowest BCUT2D eigenvalue weighted by Crippen LogP contribution is -2.24. The summed E-state index contributed by atoms with van der Waals surface area (Å²) < 4.78 is 13.6. The van der Waals surface area contributed by atoms with Gasteiger partial charge in [0, 0.05) is 17.8 Å². The summed E-state index contributed by atoms with van der Waals surface area (Å²) in [6.07, 6.45) is 1.54. The van der Waals surface area contributed by atoms with E-state index in [2.05, 4.69) is 21.7 Å². The van der Waals surface area contributed by atoms with Gasteiger partial charge in [-0.1, -0.05) is 18.2 Å². The Balaban J connectivity index is 1.60. The van der Waals surface area contributed by atoms with Crippen LogP contribution in [-0.4, -0.2) is 10.9 Å². The average Bonchev–Trinajstić information content (AvgIpc) is 2.68. The molecule has 0 aliphatic rings. The molecule has 0 fully saturated rings. The second kappa shape index (κ2) is 7.90. The Morgan fingerprint density at radius 1 is 1.04 bits per heavy atom. The van der Waals surface area contributed by atoms with Gasteiger partial charge in [-0.05, 0) is 42.5 Å². The zero-order valence-corrected chi connectivity index (χ0v) is 13.7. The molecular weight excluding hydrogens is 331 g/mol. The summed E-state index contributed by atoms with van der Waals surface area (Å²) in [7, 11) is 0. The van der Waals surface area contributed by atoms with Crippen molar-refractivity contribution < 1.29 is 9.18 Å². The molecule has 0 aliphatic heterocycles. The molecule has 1 aromatic heterocycles. The Morgan fingerprint density at radius 2 is 1.77 bits per heavy atom. The molecule has 0 saturated carbocycles. The van der Waals surface area contributed by atoms with Gasteiger partial charge in [0.15, 0.2) is 0 Å². The molecule has 1 heterocycles. The number of benzene rings is 2. The maximum atomic E-state index is 13.6. The summed E-state index contributed by atoms with van der Waals surface area (Å²) in [6, 6.07) is 18.6. The predicted molar refractivity (Wildman–Crippen MR) is 96.2 cm³/mol. The molecule has 2 aromatic carbocycles. The summed E-state index contributed by atoms with van der Waals surface area (Å²) in [5.74, 6) is -0.735. The number of pyridine rings is 1. The molecule has 26 heavy (non-hydrogen) atoms. The first kappa shape index (κ1) is 17.1. The van der Waals surface area contributed by atoms with Gasteiger partial charge in [-0.25, -0.2) is 9.37 Å². The van der Waals surface area contributed by atoms with Gasteiger partial charge in [-0.3, -0.25) is 4.79 Å². The Hall–Kier alpha value is -3.72. The zero-order chi connectivity index (χ0) is 18.4. The topological polar surface area (TPSA) is 77.8 Å². The second-order valence-corrected chi connectivity index (χ2v) is 5.52. The minimum atomic E-state index is -0.377. The van der Waals surface area contributed by atoms with Gasteiger partial charge in [-0.15, -0.1) is 0 Å². The fraction of sp³-hybridized carbons (Fsp3) is 0.0500. The van der Waals surface area contributed by atoms with Crippen molar-refractivity contribution in [3.8, 4) is 6.07 Å². The molecule has 0 aliphatic carbocycles. The second-order valence-electron chi connectivity index (χ2n) is 5.52. The fourth-order valence-corrected chi connectivity index (χ4v) is 2.30. The molecule has 0 spiro atoms. The van der Waals surface area contributed by atoms with Crippen LogP contribution in [0.15, 0.2) is 66.9 Å². The van der Waals surface area contributed by atoms with Gasteiger partial charge in [0.1, 0.15) is 11.5 Å². The smallest absolute Gasteiger partial charge is 0.270 e. The van der Waals surface area contributed by atoms with Crippen LogP contribution < -0.4 is 10.6 Å². The van der Waals surface area contributed by atoms with E-state index in [0.29, 0.717) is 16.8 Å². The summed E-state index contributed by atoms with van der Waals surface area (Å²) in [5.41, 5.74) is 2.75. The standard InChI is InChI=1S/C20H15FN4O/c21-18-4-2-1-3-15(18)12-24-20(26)19-10-9-17(13-23-19)25-16-7-5-14(11-22)6-8-16/h1-10,13,25H,12H2,(H,24,26). The first-order valence-corrected chi connectivity index (χ1v) is 7.90. The van der Waals surface area contributed by atoms with Crippen molar-refractivity contribution in [2.24, 2.45) is 0 Å². The summed E-state index contributed by atoms with van der Waals surface area (Å²) in [5, 5.41) is 14.6. The van der Waals surface area contributed by atoms with Gasteiger partial charge in [0.25, 0.3) is 5.91 Å². The Labute approximate surface area is 150 Å². The zero-order valence-electron chi connectivity index (χ0n) is 13.7.